The highest BCUT2D eigenvalue weighted by molar-refractivity contribution is 5.98. The Bertz CT molecular complexity index is 1170. The second-order valence-corrected chi connectivity index (χ2v) is 6.54. The predicted octanol–water partition coefficient (Wildman–Crippen LogP) is 4.23. The van der Waals surface area contributed by atoms with Gasteiger partial charge in [-0.25, -0.2) is 9.78 Å². The van der Waals surface area contributed by atoms with Gasteiger partial charge in [0.2, 0.25) is 5.95 Å². The summed E-state index contributed by atoms with van der Waals surface area (Å²) in [7, 11) is 0. The first-order valence-corrected chi connectivity index (χ1v) is 9.76. The molecule has 2 amide bonds. The second-order valence-electron chi connectivity index (χ2n) is 6.54. The topological polar surface area (TPSA) is 105 Å². The number of aromatic amines is 1. The molecule has 0 aliphatic carbocycles. The standard InChI is InChI=1S/C22H22N6O2/c1-3-24-22(29)28-21-26-19-11-15(14-6-5-8-23-13-14)10-17(20(19)27-21)18-12-16(30-4-2)7-9-25-18/h5-13H,3-4H2,1-2H3,(H3,24,26,27,28,29). The summed E-state index contributed by atoms with van der Waals surface area (Å²) in [5.74, 6) is 1.10. The van der Waals surface area contributed by atoms with Gasteiger partial charge in [-0.05, 0) is 43.7 Å². The highest BCUT2D eigenvalue weighted by Gasteiger charge is 2.15. The van der Waals surface area contributed by atoms with E-state index in [1.165, 1.54) is 0 Å². The van der Waals surface area contributed by atoms with Crippen LogP contribution in [-0.2, 0) is 0 Å². The molecule has 8 nitrogen and oxygen atoms in total. The van der Waals surface area contributed by atoms with Crippen LogP contribution in [0, 0.1) is 0 Å². The number of amides is 2. The fourth-order valence-electron chi connectivity index (χ4n) is 3.20. The van der Waals surface area contributed by atoms with Gasteiger partial charge in [0, 0.05) is 42.3 Å². The first kappa shape index (κ1) is 19.4. The molecule has 0 fully saturated rings. The zero-order valence-corrected chi connectivity index (χ0v) is 16.8. The van der Waals surface area contributed by atoms with Crippen molar-refractivity contribution in [2.24, 2.45) is 0 Å². The molecule has 0 atom stereocenters. The lowest BCUT2D eigenvalue weighted by atomic mass is 10.0. The van der Waals surface area contributed by atoms with Crippen molar-refractivity contribution in [1.82, 2.24) is 25.3 Å². The molecule has 8 heteroatoms. The van der Waals surface area contributed by atoms with Crippen molar-refractivity contribution in [3.05, 3.63) is 55.0 Å². The predicted molar refractivity (Wildman–Crippen MR) is 116 cm³/mol. The third kappa shape index (κ3) is 4.07. The van der Waals surface area contributed by atoms with Crippen LogP contribution in [0.4, 0.5) is 10.7 Å². The average molecular weight is 402 g/mol. The molecule has 152 valence electrons. The molecule has 1 aromatic carbocycles. The number of nitrogens with one attached hydrogen (secondary N) is 3. The summed E-state index contributed by atoms with van der Waals surface area (Å²) >= 11 is 0. The Morgan fingerprint density at radius 3 is 2.80 bits per heavy atom. The maximum Gasteiger partial charge on any atom is 0.321 e. The largest absolute Gasteiger partial charge is 0.494 e. The van der Waals surface area contributed by atoms with Gasteiger partial charge in [-0.3, -0.25) is 15.3 Å². The molecular formula is C22H22N6O2. The number of fused-ring (bicyclic) bond motifs is 1. The third-order valence-corrected chi connectivity index (χ3v) is 4.48. The van der Waals surface area contributed by atoms with Gasteiger partial charge in [-0.1, -0.05) is 6.07 Å². The molecule has 0 saturated heterocycles. The Hall–Kier alpha value is -3.94. The third-order valence-electron chi connectivity index (χ3n) is 4.48. The average Bonchev–Trinajstić information content (AvgIpc) is 3.16. The van der Waals surface area contributed by atoms with Crippen molar-refractivity contribution >= 4 is 23.0 Å². The molecule has 4 aromatic rings. The van der Waals surface area contributed by atoms with Crippen LogP contribution in [0.2, 0.25) is 0 Å². The van der Waals surface area contributed by atoms with Crippen LogP contribution in [0.3, 0.4) is 0 Å². The summed E-state index contributed by atoms with van der Waals surface area (Å²) in [5.41, 5.74) is 4.99. The van der Waals surface area contributed by atoms with Gasteiger partial charge < -0.3 is 15.0 Å². The summed E-state index contributed by atoms with van der Waals surface area (Å²) in [6.45, 7) is 4.89. The van der Waals surface area contributed by atoms with E-state index in [0.29, 0.717) is 24.6 Å². The molecule has 0 spiro atoms. The van der Waals surface area contributed by atoms with E-state index in [-0.39, 0.29) is 6.03 Å². The molecule has 0 unspecified atom stereocenters. The summed E-state index contributed by atoms with van der Waals surface area (Å²) < 4.78 is 5.64. The summed E-state index contributed by atoms with van der Waals surface area (Å²) in [4.78, 5) is 28.4. The van der Waals surface area contributed by atoms with Gasteiger partial charge in [-0.2, -0.15) is 0 Å². The number of hydrogen-bond acceptors (Lipinski definition) is 5. The first-order valence-electron chi connectivity index (χ1n) is 9.76. The molecule has 0 radical (unpaired) electrons. The van der Waals surface area contributed by atoms with E-state index in [1.54, 1.807) is 18.6 Å². The van der Waals surface area contributed by atoms with Gasteiger partial charge in [0.1, 0.15) is 5.75 Å². The van der Waals surface area contributed by atoms with Crippen molar-refractivity contribution in [3.8, 4) is 28.1 Å². The first-order chi connectivity index (χ1) is 14.7. The molecule has 0 saturated carbocycles. The van der Waals surface area contributed by atoms with E-state index >= 15 is 0 Å². The lowest BCUT2D eigenvalue weighted by Gasteiger charge is -2.09. The lowest BCUT2D eigenvalue weighted by Crippen LogP contribution is -2.28. The van der Waals surface area contributed by atoms with Gasteiger partial charge in [-0.15, -0.1) is 0 Å². The number of benzene rings is 1. The van der Waals surface area contributed by atoms with E-state index in [0.717, 1.165) is 33.7 Å². The fourth-order valence-corrected chi connectivity index (χ4v) is 3.20. The van der Waals surface area contributed by atoms with Crippen molar-refractivity contribution < 1.29 is 9.53 Å². The molecule has 0 aliphatic rings. The number of rotatable bonds is 6. The minimum Gasteiger partial charge on any atom is -0.494 e. The SMILES string of the molecule is CCNC(=O)Nc1nc2cc(-c3cccnc3)cc(-c3cc(OCC)ccn3)c2[nH]1. The number of carbonyl (C=O) groups excluding carboxylic acids is 1. The van der Waals surface area contributed by atoms with Crippen LogP contribution in [0.5, 0.6) is 5.75 Å². The number of anilines is 1. The summed E-state index contributed by atoms with van der Waals surface area (Å²) in [6, 6.07) is 11.3. The zero-order valence-electron chi connectivity index (χ0n) is 16.8. The Kier molecular flexibility index (Phi) is 5.56. The monoisotopic (exact) mass is 402 g/mol. The minimum atomic E-state index is -0.318. The van der Waals surface area contributed by atoms with Crippen molar-refractivity contribution in [3.63, 3.8) is 0 Å². The number of aromatic nitrogens is 4. The maximum absolute atomic E-state index is 11.9. The molecule has 3 N–H and O–H groups in total. The summed E-state index contributed by atoms with van der Waals surface area (Å²) in [5, 5.41) is 5.42. The van der Waals surface area contributed by atoms with Crippen LogP contribution in [0.15, 0.2) is 55.0 Å². The van der Waals surface area contributed by atoms with E-state index in [1.807, 2.05) is 50.2 Å². The van der Waals surface area contributed by atoms with Crippen molar-refractivity contribution in [1.29, 1.82) is 0 Å². The molecular weight excluding hydrogens is 380 g/mol. The second kappa shape index (κ2) is 8.60. The molecule has 0 aliphatic heterocycles. The normalized spacial score (nSPS) is 10.7. The molecule has 0 bridgehead atoms. The van der Waals surface area contributed by atoms with Crippen LogP contribution in [0.25, 0.3) is 33.4 Å². The number of pyridine rings is 2. The maximum atomic E-state index is 11.9. The van der Waals surface area contributed by atoms with Crippen LogP contribution >= 0.6 is 0 Å². The van der Waals surface area contributed by atoms with Gasteiger partial charge >= 0.3 is 6.03 Å². The van der Waals surface area contributed by atoms with Crippen molar-refractivity contribution in [2.75, 3.05) is 18.5 Å². The Labute approximate surface area is 173 Å². The zero-order chi connectivity index (χ0) is 20.9. The number of hydrogen-bond donors (Lipinski definition) is 3. The van der Waals surface area contributed by atoms with Gasteiger partial charge in [0.15, 0.2) is 0 Å². The number of H-pyrrole nitrogens is 1. The smallest absolute Gasteiger partial charge is 0.321 e. The lowest BCUT2D eigenvalue weighted by molar-refractivity contribution is 0.252. The molecule has 4 rings (SSSR count). The highest BCUT2D eigenvalue weighted by Crippen LogP contribution is 2.33. The van der Waals surface area contributed by atoms with Crippen LogP contribution in [0.1, 0.15) is 13.8 Å². The number of nitrogens with zero attached hydrogens (tertiary/aromatic N) is 3. The molecule has 30 heavy (non-hydrogen) atoms. The van der Waals surface area contributed by atoms with E-state index in [9.17, 15) is 4.79 Å². The quantitative estimate of drug-likeness (QED) is 0.448. The van der Waals surface area contributed by atoms with E-state index < -0.39 is 0 Å². The van der Waals surface area contributed by atoms with E-state index in [4.69, 9.17) is 4.74 Å². The molecule has 3 heterocycles. The number of urea groups is 1. The van der Waals surface area contributed by atoms with Crippen molar-refractivity contribution in [2.45, 2.75) is 13.8 Å². The van der Waals surface area contributed by atoms with E-state index in [2.05, 4.69) is 30.6 Å². The highest BCUT2D eigenvalue weighted by atomic mass is 16.5. The summed E-state index contributed by atoms with van der Waals surface area (Å²) in [6.07, 6.45) is 5.25. The van der Waals surface area contributed by atoms with Crippen LogP contribution < -0.4 is 15.4 Å². The Balaban J connectivity index is 1.86. The number of imidazole rings is 1. The Morgan fingerprint density at radius 1 is 1.13 bits per heavy atom. The fraction of sp³-hybridized carbons (Fsp3) is 0.182. The van der Waals surface area contributed by atoms with Gasteiger partial charge in [0.25, 0.3) is 0 Å². The van der Waals surface area contributed by atoms with Crippen LogP contribution in [-0.4, -0.2) is 39.1 Å². The van der Waals surface area contributed by atoms with Gasteiger partial charge in [0.05, 0.1) is 23.3 Å². The molecule has 3 aromatic heterocycles. The number of ether oxygens (including phenoxy) is 1. The number of carbonyl (C=O) groups is 1. The Morgan fingerprint density at radius 2 is 2.03 bits per heavy atom. The minimum absolute atomic E-state index is 0.318.